The minimum absolute atomic E-state index is 0.0340. The van der Waals surface area contributed by atoms with Crippen LogP contribution in [0.15, 0.2) is 183 Å². The highest BCUT2D eigenvalue weighted by Gasteiger charge is 2.41. The van der Waals surface area contributed by atoms with Crippen molar-refractivity contribution in [2.24, 2.45) is 22.9 Å². The van der Waals surface area contributed by atoms with Crippen LogP contribution < -0.4 is 75.0 Å². The molecule has 31 nitrogen and oxygen atoms in total. The molecule has 12 heterocycles. The Labute approximate surface area is 669 Å². The second-order valence-electron chi connectivity index (χ2n) is 27.3. The van der Waals surface area contributed by atoms with Crippen LogP contribution in [0.2, 0.25) is 0 Å². The number of nitrogens with zero attached hydrogens (tertiary/aromatic N) is 7. The third kappa shape index (κ3) is 19.2. The number of aliphatic hydroxyl groups excluding tert-OH is 2. The van der Waals surface area contributed by atoms with Gasteiger partial charge in [-0.05, 0) is 96.6 Å². The number of primary amides is 4. The fraction of sp³-hybridized carbons (Fsp3) is 0.265. The highest BCUT2D eigenvalue weighted by atomic mass is 19.4. The number of hydrogen-bond donors (Lipinski definition) is 7. The van der Waals surface area contributed by atoms with Crippen molar-refractivity contribution < 1.29 is 114 Å². The van der Waals surface area contributed by atoms with Crippen molar-refractivity contribution >= 4 is 29.5 Å². The zero-order chi connectivity index (χ0) is 83.4. The van der Waals surface area contributed by atoms with E-state index in [-0.39, 0.29) is 86.0 Å². The minimum atomic E-state index is -4.80. The summed E-state index contributed by atoms with van der Waals surface area (Å²) in [7, 11) is 0. The van der Waals surface area contributed by atoms with Crippen molar-refractivity contribution in [3.05, 3.63) is 261 Å². The molecule has 17 rings (SSSR count). The zero-order valence-electron chi connectivity index (χ0n) is 62.6. The Hall–Kier alpha value is -14.0. The number of halogens is 4. The summed E-state index contributed by atoms with van der Waals surface area (Å²) in [6.07, 6.45) is 6.21. The van der Waals surface area contributed by atoms with Gasteiger partial charge in [-0.25, -0.2) is 4.39 Å². The first-order chi connectivity index (χ1) is 56.8. The summed E-state index contributed by atoms with van der Waals surface area (Å²) in [5, 5.41) is 38.5. The maximum Gasteiger partial charge on any atom is 0.418 e. The largest absolute Gasteiger partial charge is 0.485 e. The van der Waals surface area contributed by atoms with Crippen LogP contribution in [0, 0.1) is 17.1 Å². The molecule has 0 saturated carbocycles. The van der Waals surface area contributed by atoms with E-state index in [1.54, 1.807) is 134 Å². The molecule has 0 radical (unpaired) electrons. The standard InChI is InChI=1S/C19H19N3O5.C19H18N2O4.C16H13F3N2O4.C15H14N2O4.C14H11FN2O3/c1-11(23)22-8-14(9-22)26-13-5-12(6-21-7-13)17-10-25-18-15(19(20)24)3-2-4-16(18)27-17;20-9-13-2-1-3-16-18(13)24-12-17(25-16)14-8-15(11-21-10-14)19(22)4-6-23-7-5-19;17-16(18,19)14(22)9-4-8(5-21-6-9)12-7-24-13-10(15(20)23)2-1-3-11(13)25-12;16-15(19)11-2-1-3-12-14(11)20-8-13(21-12)10-4-9(7-18)5-17-6-10;15-9-4-8(5-17-6-9)12-7-19-13-10(14(16)18)2-1-3-11(13)20-12/h2-7,14,17H,8-10H2,1H3,(H2,20,24);1-3,8,10-11,17,22H,4-7,12H2;1-6,12,14,22H,7H2,(H2,20,23);1-6,13,18H,7-8H2,(H2,16,19);1-6,12H,7H2,(H2,16,18). The number of alkyl halides is 3. The smallest absolute Gasteiger partial charge is 0.418 e. The molecule has 5 aromatic heterocycles. The third-order valence-electron chi connectivity index (χ3n) is 19.3. The Morgan fingerprint density at radius 2 is 0.907 bits per heavy atom. The molecule has 35 heteroatoms. The molecule has 5 amide bonds. The van der Waals surface area contributed by atoms with Gasteiger partial charge in [-0.15, -0.1) is 0 Å². The number of nitriles is 1. The van der Waals surface area contributed by atoms with E-state index < -0.39 is 65.1 Å². The SMILES string of the molecule is CC(=O)N1CC(Oc2cncc(C3COc4c(cccc4C(N)=O)O3)c2)C1.N#Cc1cccc2c1OCC(c1cncc(C3(O)CCOCC3)c1)O2.NC(=O)c1cccc2c1OCC(c1cncc(C(O)C(F)(F)F)c1)O2.NC(=O)c1cccc2c1OCC(c1cncc(CO)c1)O2.NC(=O)c1cccc2c1OCC(c1cncc(F)c1)O2. The van der Waals surface area contributed by atoms with E-state index in [0.717, 1.165) is 40.7 Å². The number of pyridine rings is 5. The monoisotopic (exact) mass is 1620 g/mol. The van der Waals surface area contributed by atoms with Gasteiger partial charge >= 0.3 is 6.18 Å². The van der Waals surface area contributed by atoms with Crippen LogP contribution in [0.5, 0.6) is 63.2 Å². The van der Waals surface area contributed by atoms with Gasteiger partial charge in [0.15, 0.2) is 94.1 Å². The highest BCUT2D eigenvalue weighted by molar-refractivity contribution is 5.98. The van der Waals surface area contributed by atoms with Crippen molar-refractivity contribution in [2.75, 3.05) is 59.3 Å². The lowest BCUT2D eigenvalue weighted by Crippen LogP contribution is -2.55. The number of likely N-dealkylation sites (tertiary alicyclic amines) is 1. The number of rotatable bonds is 14. The second kappa shape index (κ2) is 36.3. The molecule has 2 saturated heterocycles. The van der Waals surface area contributed by atoms with Crippen LogP contribution in [-0.4, -0.2) is 146 Å². The number of fused-ring (bicyclic) bond motifs is 5. The van der Waals surface area contributed by atoms with E-state index in [2.05, 4.69) is 31.0 Å². The number of para-hydroxylation sites is 5. The van der Waals surface area contributed by atoms with Crippen LogP contribution in [0.3, 0.4) is 0 Å². The number of carbonyl (C=O) groups is 5. The van der Waals surface area contributed by atoms with Crippen molar-refractivity contribution in [3.8, 4) is 69.3 Å². The first-order valence-corrected chi connectivity index (χ1v) is 36.5. The average molecular weight is 1620 g/mol. The normalized spacial score (nSPS) is 18.3. The Bertz CT molecular complexity index is 5420. The Kier molecular flexibility index (Phi) is 25.2. The Balaban J connectivity index is 0.000000128. The number of aromatic nitrogens is 5. The number of benzene rings is 5. The number of amides is 5. The maximum atomic E-state index is 13.2. The highest BCUT2D eigenvalue weighted by Crippen LogP contribution is 2.45. The quantitative estimate of drug-likeness (QED) is 0.0499. The average Bonchev–Trinajstić information content (AvgIpc) is 0.816. The number of hydrogen-bond acceptors (Lipinski definition) is 26. The van der Waals surface area contributed by atoms with Crippen LogP contribution in [0.4, 0.5) is 17.6 Å². The van der Waals surface area contributed by atoms with Gasteiger partial charge in [0.05, 0.1) is 65.5 Å². The molecule has 0 bridgehead atoms. The van der Waals surface area contributed by atoms with E-state index in [0.29, 0.717) is 131 Å². The topological polar surface area (TPSA) is 452 Å². The van der Waals surface area contributed by atoms with Crippen molar-refractivity contribution in [1.29, 1.82) is 5.26 Å². The third-order valence-corrected chi connectivity index (χ3v) is 19.3. The Morgan fingerprint density at radius 1 is 0.525 bits per heavy atom. The van der Waals surface area contributed by atoms with Crippen LogP contribution in [0.25, 0.3) is 0 Å². The van der Waals surface area contributed by atoms with Gasteiger partial charge in [-0.1, -0.05) is 30.3 Å². The number of carbonyl (C=O) groups excluding carboxylic acids is 5. The first-order valence-electron chi connectivity index (χ1n) is 36.5. The molecule has 7 aliphatic heterocycles. The molecule has 10 aromatic rings. The fourth-order valence-electron chi connectivity index (χ4n) is 13.1. The van der Waals surface area contributed by atoms with Gasteiger partial charge < -0.3 is 100.0 Å². The van der Waals surface area contributed by atoms with Crippen LogP contribution in [-0.2, 0) is 21.7 Å². The molecule has 5 aromatic carbocycles. The van der Waals surface area contributed by atoms with E-state index in [1.807, 2.05) is 18.2 Å². The second-order valence-corrected chi connectivity index (χ2v) is 27.3. The molecule has 2 fully saturated rings. The maximum absolute atomic E-state index is 13.2. The van der Waals surface area contributed by atoms with Gasteiger partial charge in [0.25, 0.3) is 23.6 Å². The van der Waals surface area contributed by atoms with Crippen molar-refractivity contribution in [3.63, 3.8) is 0 Å². The molecule has 6 unspecified atom stereocenters. The summed E-state index contributed by atoms with van der Waals surface area (Å²) in [5.41, 5.74) is 26.1. The number of ether oxygens (including phenoxy) is 12. The number of aliphatic hydroxyl groups is 3. The van der Waals surface area contributed by atoms with Gasteiger partial charge in [-0.2, -0.15) is 18.4 Å². The zero-order valence-corrected chi connectivity index (χ0v) is 62.6. The molecule has 7 aliphatic rings. The van der Waals surface area contributed by atoms with Crippen molar-refractivity contribution in [2.45, 2.75) is 80.9 Å². The lowest BCUT2D eigenvalue weighted by molar-refractivity contribution is -0.206. The van der Waals surface area contributed by atoms with Crippen LogP contribution >= 0.6 is 0 Å². The van der Waals surface area contributed by atoms with E-state index in [1.165, 1.54) is 24.5 Å². The molecule has 11 N–H and O–H groups in total. The summed E-state index contributed by atoms with van der Waals surface area (Å²) < 4.78 is 120. The molecule has 118 heavy (non-hydrogen) atoms. The predicted octanol–water partition coefficient (Wildman–Crippen LogP) is 9.07. The van der Waals surface area contributed by atoms with Gasteiger partial charge in [0.1, 0.15) is 56.8 Å². The molecular formula is C83H75F4N11O20. The summed E-state index contributed by atoms with van der Waals surface area (Å²) in [4.78, 5) is 78.6. The van der Waals surface area contributed by atoms with E-state index in [9.17, 15) is 51.7 Å². The summed E-state index contributed by atoms with van der Waals surface area (Å²) in [5.74, 6) is 1.67. The van der Waals surface area contributed by atoms with Gasteiger partial charge in [0, 0.05) is 121 Å². The summed E-state index contributed by atoms with van der Waals surface area (Å²) in [6, 6.07) is 34.9. The molecular weight excluding hydrogens is 1550 g/mol. The first kappa shape index (κ1) is 82.0. The predicted molar refractivity (Wildman–Crippen MR) is 404 cm³/mol. The van der Waals surface area contributed by atoms with E-state index in [4.69, 9.17) is 90.1 Å². The van der Waals surface area contributed by atoms with E-state index >= 15 is 0 Å². The minimum Gasteiger partial charge on any atom is -0.485 e. The Morgan fingerprint density at radius 3 is 1.33 bits per heavy atom. The summed E-state index contributed by atoms with van der Waals surface area (Å²) >= 11 is 0. The number of nitrogens with two attached hydrogens (primary N) is 4. The molecule has 0 aliphatic carbocycles. The molecule has 610 valence electrons. The summed E-state index contributed by atoms with van der Waals surface area (Å²) in [6.45, 7) is 4.54. The van der Waals surface area contributed by atoms with Crippen molar-refractivity contribution in [1.82, 2.24) is 29.8 Å². The lowest BCUT2D eigenvalue weighted by atomic mass is 9.86. The fourth-order valence-corrected chi connectivity index (χ4v) is 13.1. The van der Waals surface area contributed by atoms with Gasteiger partial charge in [-0.3, -0.25) is 48.9 Å². The van der Waals surface area contributed by atoms with Gasteiger partial charge in [0.2, 0.25) is 5.91 Å². The lowest BCUT2D eigenvalue weighted by Gasteiger charge is -2.38. The molecule has 0 spiro atoms. The molecule has 6 atom stereocenters. The van der Waals surface area contributed by atoms with Crippen LogP contribution in [0.1, 0.15) is 148 Å².